The second-order valence-electron chi connectivity index (χ2n) is 3.61. The Morgan fingerprint density at radius 3 is 3.00 bits per heavy atom. The van der Waals surface area contributed by atoms with Gasteiger partial charge in [-0.05, 0) is 34.1 Å². The van der Waals surface area contributed by atoms with Gasteiger partial charge in [-0.25, -0.2) is 4.98 Å². The zero-order valence-electron chi connectivity index (χ0n) is 9.32. The fraction of sp³-hybridized carbons (Fsp3) is 0.167. The van der Waals surface area contributed by atoms with Crippen LogP contribution in [0.1, 0.15) is 16.1 Å². The predicted molar refractivity (Wildman–Crippen MR) is 77.3 cm³/mol. The minimum atomic E-state index is -0.109. The third kappa shape index (κ3) is 3.54. The Kier molecular flexibility index (Phi) is 4.74. The molecule has 2 rings (SSSR count). The van der Waals surface area contributed by atoms with Crippen molar-refractivity contribution in [1.82, 2.24) is 10.3 Å². The second-order valence-corrected chi connectivity index (χ2v) is 5.59. The number of hydrogen-bond acceptors (Lipinski definition) is 3. The van der Waals surface area contributed by atoms with E-state index in [0.29, 0.717) is 17.1 Å². The third-order valence-corrected chi connectivity index (χ3v) is 4.18. The van der Waals surface area contributed by atoms with Crippen LogP contribution in [0.2, 0.25) is 5.02 Å². The summed E-state index contributed by atoms with van der Waals surface area (Å²) < 4.78 is 0.719. The highest BCUT2D eigenvalue weighted by Crippen LogP contribution is 2.23. The van der Waals surface area contributed by atoms with Gasteiger partial charge in [0, 0.05) is 28.4 Å². The Morgan fingerprint density at radius 1 is 1.50 bits per heavy atom. The molecule has 94 valence electrons. The molecule has 0 bridgehead atoms. The van der Waals surface area contributed by atoms with Crippen LogP contribution in [0.5, 0.6) is 0 Å². The number of nitrogens with zero attached hydrogens (tertiary/aromatic N) is 1. The highest BCUT2D eigenvalue weighted by atomic mass is 79.9. The van der Waals surface area contributed by atoms with Crippen LogP contribution in [-0.4, -0.2) is 17.4 Å². The zero-order valence-corrected chi connectivity index (χ0v) is 12.5. The lowest BCUT2D eigenvalue weighted by Gasteiger charge is -2.05. The van der Waals surface area contributed by atoms with Crippen LogP contribution in [0.15, 0.2) is 33.6 Å². The molecule has 1 amide bonds. The number of halogens is 2. The van der Waals surface area contributed by atoms with E-state index in [1.54, 1.807) is 35.0 Å². The van der Waals surface area contributed by atoms with Crippen molar-refractivity contribution in [2.24, 2.45) is 0 Å². The number of aromatic nitrogens is 1. The number of rotatable bonds is 4. The molecule has 3 nitrogen and oxygen atoms in total. The van der Waals surface area contributed by atoms with Gasteiger partial charge < -0.3 is 5.32 Å². The van der Waals surface area contributed by atoms with Crippen molar-refractivity contribution >= 4 is 44.8 Å². The van der Waals surface area contributed by atoms with Crippen LogP contribution in [0, 0.1) is 0 Å². The van der Waals surface area contributed by atoms with Gasteiger partial charge in [0.25, 0.3) is 5.91 Å². The average molecular weight is 346 g/mol. The molecule has 0 aliphatic carbocycles. The van der Waals surface area contributed by atoms with E-state index < -0.39 is 0 Å². The Morgan fingerprint density at radius 2 is 2.33 bits per heavy atom. The van der Waals surface area contributed by atoms with Gasteiger partial charge in [-0.3, -0.25) is 4.79 Å². The molecule has 2 aromatic rings. The van der Waals surface area contributed by atoms with E-state index in [4.69, 9.17) is 11.6 Å². The van der Waals surface area contributed by atoms with E-state index in [9.17, 15) is 4.79 Å². The molecule has 1 aromatic carbocycles. The maximum Gasteiger partial charge on any atom is 0.251 e. The van der Waals surface area contributed by atoms with Crippen molar-refractivity contribution in [3.63, 3.8) is 0 Å². The number of carbonyl (C=O) groups excluding carboxylic acids is 1. The molecule has 0 spiro atoms. The fourth-order valence-electron chi connectivity index (χ4n) is 1.40. The van der Waals surface area contributed by atoms with Crippen molar-refractivity contribution in [2.45, 2.75) is 6.42 Å². The summed E-state index contributed by atoms with van der Waals surface area (Å²) in [4.78, 5) is 16.0. The SMILES string of the molecule is O=C(NCCc1cscn1)c1ccc(Cl)c(Br)c1. The quantitative estimate of drug-likeness (QED) is 0.921. The lowest BCUT2D eigenvalue weighted by atomic mass is 10.2. The first-order valence-electron chi connectivity index (χ1n) is 5.27. The summed E-state index contributed by atoms with van der Waals surface area (Å²) >= 11 is 10.7. The van der Waals surface area contributed by atoms with Crippen molar-refractivity contribution < 1.29 is 4.79 Å². The van der Waals surface area contributed by atoms with Gasteiger partial charge in [-0.2, -0.15) is 0 Å². The van der Waals surface area contributed by atoms with Gasteiger partial charge in [0.15, 0.2) is 0 Å². The number of thiazole rings is 1. The van der Waals surface area contributed by atoms with E-state index in [1.165, 1.54) is 0 Å². The zero-order chi connectivity index (χ0) is 13.0. The number of carbonyl (C=O) groups is 1. The second kappa shape index (κ2) is 6.31. The van der Waals surface area contributed by atoms with Gasteiger partial charge in [-0.15, -0.1) is 11.3 Å². The Bertz CT molecular complexity index is 545. The molecule has 18 heavy (non-hydrogen) atoms. The largest absolute Gasteiger partial charge is 0.352 e. The number of amides is 1. The maximum atomic E-state index is 11.8. The number of benzene rings is 1. The molecular weight excluding hydrogens is 336 g/mol. The highest BCUT2D eigenvalue weighted by molar-refractivity contribution is 9.10. The van der Waals surface area contributed by atoms with Gasteiger partial charge in [0.05, 0.1) is 16.2 Å². The topological polar surface area (TPSA) is 42.0 Å². The predicted octanol–water partition coefficient (Wildman–Crippen LogP) is 3.53. The van der Waals surface area contributed by atoms with E-state index in [0.717, 1.165) is 16.6 Å². The van der Waals surface area contributed by atoms with Crippen LogP contribution in [0.25, 0.3) is 0 Å². The Hall–Kier alpha value is -0.910. The maximum absolute atomic E-state index is 11.8. The molecule has 1 N–H and O–H groups in total. The molecule has 6 heteroatoms. The number of nitrogens with one attached hydrogen (secondary N) is 1. The first-order chi connectivity index (χ1) is 8.66. The lowest BCUT2D eigenvalue weighted by Crippen LogP contribution is -2.25. The van der Waals surface area contributed by atoms with Gasteiger partial charge in [-0.1, -0.05) is 11.6 Å². The van der Waals surface area contributed by atoms with Crippen molar-refractivity contribution in [3.8, 4) is 0 Å². The normalized spacial score (nSPS) is 10.3. The van der Waals surface area contributed by atoms with Crippen molar-refractivity contribution in [1.29, 1.82) is 0 Å². The van der Waals surface area contributed by atoms with Crippen LogP contribution in [0.3, 0.4) is 0 Å². The molecule has 0 saturated heterocycles. The van der Waals surface area contributed by atoms with Gasteiger partial charge in [0.1, 0.15) is 0 Å². The van der Waals surface area contributed by atoms with E-state index in [1.807, 2.05) is 5.38 Å². The van der Waals surface area contributed by atoms with E-state index >= 15 is 0 Å². The molecule has 0 aliphatic heterocycles. The first kappa shape index (κ1) is 13.5. The molecule has 0 fully saturated rings. The summed E-state index contributed by atoms with van der Waals surface area (Å²) in [6, 6.07) is 5.10. The summed E-state index contributed by atoms with van der Waals surface area (Å²) in [6.45, 7) is 0.572. The minimum absolute atomic E-state index is 0.109. The highest BCUT2D eigenvalue weighted by Gasteiger charge is 2.07. The Balaban J connectivity index is 1.89. The van der Waals surface area contributed by atoms with Crippen molar-refractivity contribution in [2.75, 3.05) is 6.54 Å². The monoisotopic (exact) mass is 344 g/mol. The standard InChI is InChI=1S/C12H10BrClN2OS/c13-10-5-8(1-2-11(10)14)12(17)15-4-3-9-6-18-7-16-9/h1-2,5-7H,3-4H2,(H,15,17). The van der Waals surface area contributed by atoms with E-state index in [-0.39, 0.29) is 5.91 Å². The first-order valence-corrected chi connectivity index (χ1v) is 7.38. The summed E-state index contributed by atoms with van der Waals surface area (Å²) in [5.41, 5.74) is 3.37. The summed E-state index contributed by atoms with van der Waals surface area (Å²) in [5, 5.41) is 5.41. The lowest BCUT2D eigenvalue weighted by molar-refractivity contribution is 0.0954. The smallest absolute Gasteiger partial charge is 0.251 e. The van der Waals surface area contributed by atoms with E-state index in [2.05, 4.69) is 26.2 Å². The molecule has 0 atom stereocenters. The molecule has 0 saturated carbocycles. The minimum Gasteiger partial charge on any atom is -0.352 e. The molecular formula is C12H10BrClN2OS. The van der Waals surface area contributed by atoms with Crippen molar-refractivity contribution in [3.05, 3.63) is 49.8 Å². The molecule has 0 aliphatic rings. The number of hydrogen-bond donors (Lipinski definition) is 1. The van der Waals surface area contributed by atoms with Crippen LogP contribution < -0.4 is 5.32 Å². The molecule has 0 radical (unpaired) electrons. The third-order valence-electron chi connectivity index (χ3n) is 2.33. The van der Waals surface area contributed by atoms with Gasteiger partial charge in [0.2, 0.25) is 0 Å². The van der Waals surface area contributed by atoms with Crippen LogP contribution >= 0.6 is 38.9 Å². The summed E-state index contributed by atoms with van der Waals surface area (Å²) in [7, 11) is 0. The Labute approximate surface area is 122 Å². The molecule has 0 unspecified atom stereocenters. The molecule has 1 heterocycles. The van der Waals surface area contributed by atoms with Gasteiger partial charge >= 0.3 is 0 Å². The summed E-state index contributed by atoms with van der Waals surface area (Å²) in [6.07, 6.45) is 0.740. The average Bonchev–Trinajstić information content (AvgIpc) is 2.85. The van der Waals surface area contributed by atoms with Crippen LogP contribution in [-0.2, 0) is 6.42 Å². The van der Waals surface area contributed by atoms with Crippen LogP contribution in [0.4, 0.5) is 0 Å². The summed E-state index contributed by atoms with van der Waals surface area (Å²) in [5.74, 6) is -0.109. The fourth-order valence-corrected chi connectivity index (χ4v) is 2.49. The molecule has 1 aromatic heterocycles.